The predicted octanol–water partition coefficient (Wildman–Crippen LogP) is 3.42. The summed E-state index contributed by atoms with van der Waals surface area (Å²) in [5, 5.41) is 3.53. The Morgan fingerprint density at radius 2 is 1.93 bits per heavy atom. The first-order chi connectivity index (χ1) is 6.79. The minimum absolute atomic E-state index is 0.468. The Morgan fingerprint density at radius 3 is 2.50 bits per heavy atom. The van der Waals surface area contributed by atoms with E-state index in [1.54, 1.807) is 0 Å². The summed E-state index contributed by atoms with van der Waals surface area (Å²) in [5.41, 5.74) is 1.31. The van der Waals surface area contributed by atoms with Gasteiger partial charge in [-0.05, 0) is 51.2 Å². The van der Waals surface area contributed by atoms with E-state index in [0.29, 0.717) is 6.04 Å². The third-order valence-corrected chi connectivity index (χ3v) is 3.81. The second-order valence-corrected chi connectivity index (χ2v) is 5.23. The molecule has 0 amide bonds. The highest BCUT2D eigenvalue weighted by atomic mass is 79.9. The van der Waals surface area contributed by atoms with Gasteiger partial charge in [-0.25, -0.2) is 0 Å². The summed E-state index contributed by atoms with van der Waals surface area (Å²) < 4.78 is 2.18. The number of pyridine rings is 1. The number of hydrogen-bond donors (Lipinski definition) is 1. The van der Waals surface area contributed by atoms with E-state index in [1.165, 1.54) is 24.8 Å². The summed E-state index contributed by atoms with van der Waals surface area (Å²) in [6.07, 6.45) is 7.52. The molecule has 1 saturated heterocycles. The third-order valence-electron chi connectivity index (χ3n) is 2.55. The van der Waals surface area contributed by atoms with Crippen LogP contribution in [-0.2, 0) is 0 Å². The van der Waals surface area contributed by atoms with Crippen molar-refractivity contribution in [3.8, 4) is 0 Å². The standard InChI is InChI=1S/C10H12Br2N2/c11-7-5-13-6-8(12)10(7)9-3-1-2-4-14-9/h5-6,9,14H,1-4H2/t9-/m1/s1. The van der Waals surface area contributed by atoms with Crippen molar-refractivity contribution in [1.29, 1.82) is 0 Å². The van der Waals surface area contributed by atoms with Gasteiger partial charge in [0.2, 0.25) is 0 Å². The van der Waals surface area contributed by atoms with Crippen molar-refractivity contribution >= 4 is 31.9 Å². The fourth-order valence-corrected chi connectivity index (χ4v) is 3.33. The zero-order valence-corrected chi connectivity index (χ0v) is 10.9. The monoisotopic (exact) mass is 318 g/mol. The lowest BCUT2D eigenvalue weighted by Crippen LogP contribution is -2.27. The lowest BCUT2D eigenvalue weighted by Gasteiger charge is -2.25. The minimum Gasteiger partial charge on any atom is -0.310 e. The van der Waals surface area contributed by atoms with Crippen molar-refractivity contribution < 1.29 is 0 Å². The van der Waals surface area contributed by atoms with Crippen molar-refractivity contribution in [3.05, 3.63) is 26.9 Å². The normalized spacial score (nSPS) is 22.3. The summed E-state index contributed by atoms with van der Waals surface area (Å²) >= 11 is 7.10. The maximum atomic E-state index is 4.12. The predicted molar refractivity (Wildman–Crippen MR) is 64.2 cm³/mol. The zero-order valence-electron chi connectivity index (χ0n) is 7.76. The molecular formula is C10H12Br2N2. The average molecular weight is 320 g/mol. The lowest BCUT2D eigenvalue weighted by molar-refractivity contribution is 0.410. The molecule has 2 nitrogen and oxygen atoms in total. The van der Waals surface area contributed by atoms with E-state index in [4.69, 9.17) is 0 Å². The molecule has 76 valence electrons. The van der Waals surface area contributed by atoms with Gasteiger partial charge in [-0.3, -0.25) is 4.98 Å². The molecule has 2 rings (SSSR count). The van der Waals surface area contributed by atoms with Gasteiger partial charge >= 0.3 is 0 Å². The molecular weight excluding hydrogens is 308 g/mol. The first kappa shape index (κ1) is 10.6. The van der Waals surface area contributed by atoms with Crippen LogP contribution in [0.5, 0.6) is 0 Å². The third kappa shape index (κ3) is 2.18. The number of hydrogen-bond acceptors (Lipinski definition) is 2. The summed E-state index contributed by atoms with van der Waals surface area (Å²) in [7, 11) is 0. The molecule has 0 bridgehead atoms. The molecule has 14 heavy (non-hydrogen) atoms. The van der Waals surface area contributed by atoms with Crippen LogP contribution >= 0.6 is 31.9 Å². The van der Waals surface area contributed by atoms with Crippen LogP contribution in [0.1, 0.15) is 30.9 Å². The first-order valence-electron chi connectivity index (χ1n) is 4.81. The summed E-state index contributed by atoms with van der Waals surface area (Å²) in [5.74, 6) is 0. The van der Waals surface area contributed by atoms with Crippen molar-refractivity contribution in [2.24, 2.45) is 0 Å². The lowest BCUT2D eigenvalue weighted by atomic mass is 9.98. The van der Waals surface area contributed by atoms with E-state index in [2.05, 4.69) is 42.2 Å². The van der Waals surface area contributed by atoms with E-state index in [0.717, 1.165) is 15.5 Å². The van der Waals surface area contributed by atoms with Crippen molar-refractivity contribution in [1.82, 2.24) is 10.3 Å². The van der Waals surface area contributed by atoms with Gasteiger partial charge < -0.3 is 5.32 Å². The molecule has 1 fully saturated rings. The van der Waals surface area contributed by atoms with Crippen LogP contribution in [0.25, 0.3) is 0 Å². The maximum absolute atomic E-state index is 4.12. The van der Waals surface area contributed by atoms with E-state index in [9.17, 15) is 0 Å². The summed E-state index contributed by atoms with van der Waals surface area (Å²) in [6.45, 7) is 1.12. The Kier molecular flexibility index (Phi) is 3.57. The smallest absolute Gasteiger partial charge is 0.0417 e. The number of nitrogens with zero attached hydrogens (tertiary/aromatic N) is 1. The highest BCUT2D eigenvalue weighted by Crippen LogP contribution is 2.33. The fourth-order valence-electron chi connectivity index (χ4n) is 1.85. The van der Waals surface area contributed by atoms with E-state index in [1.807, 2.05) is 12.4 Å². The van der Waals surface area contributed by atoms with Crippen LogP contribution in [-0.4, -0.2) is 11.5 Å². The van der Waals surface area contributed by atoms with Crippen LogP contribution in [0.3, 0.4) is 0 Å². The average Bonchev–Trinajstić information content (AvgIpc) is 2.19. The fraction of sp³-hybridized carbons (Fsp3) is 0.500. The molecule has 1 atom stereocenters. The molecule has 0 spiro atoms. The van der Waals surface area contributed by atoms with Gasteiger partial charge in [0, 0.05) is 32.9 Å². The summed E-state index contributed by atoms with van der Waals surface area (Å²) in [6, 6.07) is 0.468. The molecule has 1 aliphatic heterocycles. The van der Waals surface area contributed by atoms with E-state index >= 15 is 0 Å². The Hall–Kier alpha value is 0.0700. The molecule has 0 saturated carbocycles. The largest absolute Gasteiger partial charge is 0.310 e. The molecule has 0 aromatic carbocycles. The Labute approximate surface area is 101 Å². The molecule has 4 heteroatoms. The molecule has 1 N–H and O–H groups in total. The molecule has 0 radical (unpaired) electrons. The molecule has 1 aliphatic rings. The topological polar surface area (TPSA) is 24.9 Å². The highest BCUT2D eigenvalue weighted by Gasteiger charge is 2.19. The number of aromatic nitrogens is 1. The van der Waals surface area contributed by atoms with Gasteiger partial charge in [-0.15, -0.1) is 0 Å². The molecule has 2 heterocycles. The van der Waals surface area contributed by atoms with Gasteiger partial charge in [-0.1, -0.05) is 6.42 Å². The van der Waals surface area contributed by atoms with Crippen LogP contribution < -0.4 is 5.32 Å². The van der Waals surface area contributed by atoms with Crippen LogP contribution in [0, 0.1) is 0 Å². The van der Waals surface area contributed by atoms with E-state index in [-0.39, 0.29) is 0 Å². The van der Waals surface area contributed by atoms with Crippen molar-refractivity contribution in [2.75, 3.05) is 6.54 Å². The molecule has 1 aromatic rings. The minimum atomic E-state index is 0.468. The van der Waals surface area contributed by atoms with Crippen molar-refractivity contribution in [2.45, 2.75) is 25.3 Å². The SMILES string of the molecule is Brc1cncc(Br)c1[C@H]1CCCCN1. The molecule has 1 aromatic heterocycles. The zero-order chi connectivity index (χ0) is 9.97. The number of nitrogens with one attached hydrogen (secondary N) is 1. The first-order valence-corrected chi connectivity index (χ1v) is 6.40. The van der Waals surface area contributed by atoms with Crippen LogP contribution in [0.2, 0.25) is 0 Å². The summed E-state index contributed by atoms with van der Waals surface area (Å²) in [4.78, 5) is 4.12. The second-order valence-electron chi connectivity index (χ2n) is 3.52. The van der Waals surface area contributed by atoms with Gasteiger partial charge in [0.15, 0.2) is 0 Å². The second kappa shape index (κ2) is 4.73. The van der Waals surface area contributed by atoms with Gasteiger partial charge in [-0.2, -0.15) is 0 Å². The van der Waals surface area contributed by atoms with Gasteiger partial charge in [0.1, 0.15) is 0 Å². The van der Waals surface area contributed by atoms with Crippen molar-refractivity contribution in [3.63, 3.8) is 0 Å². The Bertz CT molecular complexity index is 302. The van der Waals surface area contributed by atoms with E-state index < -0.39 is 0 Å². The maximum Gasteiger partial charge on any atom is 0.0417 e. The van der Waals surface area contributed by atoms with Gasteiger partial charge in [0.25, 0.3) is 0 Å². The highest BCUT2D eigenvalue weighted by molar-refractivity contribution is 9.11. The molecule has 0 unspecified atom stereocenters. The number of piperidine rings is 1. The van der Waals surface area contributed by atoms with Gasteiger partial charge in [0.05, 0.1) is 0 Å². The quantitative estimate of drug-likeness (QED) is 0.858. The number of halogens is 2. The van der Waals surface area contributed by atoms with Crippen LogP contribution in [0.4, 0.5) is 0 Å². The Balaban J connectivity index is 2.29. The number of rotatable bonds is 1. The van der Waals surface area contributed by atoms with Crippen LogP contribution in [0.15, 0.2) is 21.3 Å². The Morgan fingerprint density at radius 1 is 1.21 bits per heavy atom. The molecule has 0 aliphatic carbocycles.